The first kappa shape index (κ1) is 8.89. The summed E-state index contributed by atoms with van der Waals surface area (Å²) in [5.41, 5.74) is 0.903. The van der Waals surface area contributed by atoms with Crippen LogP contribution >= 0.6 is 11.8 Å². The number of terminal acetylenes is 1. The van der Waals surface area contributed by atoms with Gasteiger partial charge in [0.25, 0.3) is 0 Å². The highest BCUT2D eigenvalue weighted by molar-refractivity contribution is 8.13. The van der Waals surface area contributed by atoms with Crippen molar-refractivity contribution in [1.82, 2.24) is 0 Å². The molecule has 0 fully saturated rings. The Morgan fingerprint density at radius 2 is 2.08 bits per heavy atom. The summed E-state index contributed by atoms with van der Waals surface area (Å²) < 4.78 is 0. The Hall–Kier alpha value is -1.20. The van der Waals surface area contributed by atoms with Crippen molar-refractivity contribution in [1.29, 1.82) is 0 Å². The zero-order valence-electron chi connectivity index (χ0n) is 6.82. The molecule has 0 bridgehead atoms. The minimum Gasteiger partial charge on any atom is -0.233 e. The fourth-order valence-electron chi connectivity index (χ4n) is 0.757. The van der Waals surface area contributed by atoms with E-state index in [2.05, 4.69) is 10.9 Å². The molecule has 1 aromatic rings. The number of hydrogen-bond donors (Lipinski definition) is 0. The number of hydrogen-bond acceptors (Lipinski definition) is 2. The molecule has 0 heterocycles. The van der Waals surface area contributed by atoms with E-state index < -0.39 is 0 Å². The fraction of sp³-hybridized carbons (Fsp3) is 0.100. The lowest BCUT2D eigenvalue weighted by Gasteiger charge is -1.93. The summed E-state index contributed by atoms with van der Waals surface area (Å²) in [5, 5.41) is 0.709. The number of aliphatic imine (C=N–C) groups is 1. The maximum absolute atomic E-state index is 5.23. The van der Waals surface area contributed by atoms with Gasteiger partial charge >= 0.3 is 0 Å². The van der Waals surface area contributed by atoms with Crippen LogP contribution in [0.25, 0.3) is 0 Å². The summed E-state index contributed by atoms with van der Waals surface area (Å²) in [4.78, 5) is 4.24. The van der Waals surface area contributed by atoms with Crippen LogP contribution in [0.1, 0.15) is 0 Å². The van der Waals surface area contributed by atoms with Gasteiger partial charge in [0.05, 0.1) is 5.69 Å². The normalized spacial score (nSPS) is 10.8. The molecule has 0 aliphatic rings. The third-order valence-electron chi connectivity index (χ3n) is 1.30. The molecule has 12 heavy (non-hydrogen) atoms. The highest BCUT2D eigenvalue weighted by Crippen LogP contribution is 2.12. The topological polar surface area (TPSA) is 12.4 Å². The molecule has 0 aliphatic heterocycles. The van der Waals surface area contributed by atoms with Crippen molar-refractivity contribution in [3.8, 4) is 12.3 Å². The number of para-hydroxylation sites is 1. The maximum Gasteiger partial charge on any atom is 0.146 e. The maximum atomic E-state index is 5.23. The Morgan fingerprint density at radius 3 is 2.58 bits per heavy atom. The van der Waals surface area contributed by atoms with Gasteiger partial charge in [-0.15, -0.1) is 18.2 Å². The third kappa shape index (κ3) is 2.44. The highest BCUT2D eigenvalue weighted by Gasteiger charge is 1.90. The van der Waals surface area contributed by atoms with Crippen molar-refractivity contribution in [3.63, 3.8) is 0 Å². The van der Waals surface area contributed by atoms with Crippen LogP contribution in [0.3, 0.4) is 0 Å². The molecular formula is C10H9NS. The van der Waals surface area contributed by atoms with E-state index in [0.717, 1.165) is 5.69 Å². The SMILES string of the molecule is C#C/C(=N\c1ccccc1)SC. The first-order chi connectivity index (χ1) is 5.86. The number of thioether (sulfide) groups is 1. The van der Waals surface area contributed by atoms with E-state index in [0.29, 0.717) is 5.04 Å². The molecular weight excluding hydrogens is 166 g/mol. The number of nitrogens with zero attached hydrogens (tertiary/aromatic N) is 1. The summed E-state index contributed by atoms with van der Waals surface area (Å²) in [6.45, 7) is 0. The first-order valence-electron chi connectivity index (χ1n) is 3.51. The minimum atomic E-state index is 0.709. The second kappa shape index (κ2) is 4.63. The molecule has 0 saturated heterocycles. The zero-order valence-corrected chi connectivity index (χ0v) is 7.64. The van der Waals surface area contributed by atoms with Gasteiger partial charge in [-0.1, -0.05) is 18.2 Å². The molecule has 0 N–H and O–H groups in total. The lowest BCUT2D eigenvalue weighted by Crippen LogP contribution is -1.82. The van der Waals surface area contributed by atoms with Gasteiger partial charge in [-0.05, 0) is 24.3 Å². The van der Waals surface area contributed by atoms with E-state index in [-0.39, 0.29) is 0 Å². The Bertz CT molecular complexity index is 308. The van der Waals surface area contributed by atoms with Crippen molar-refractivity contribution < 1.29 is 0 Å². The van der Waals surface area contributed by atoms with Crippen LogP contribution in [0.5, 0.6) is 0 Å². The van der Waals surface area contributed by atoms with Gasteiger partial charge in [0.2, 0.25) is 0 Å². The molecule has 0 aromatic heterocycles. The van der Waals surface area contributed by atoms with Crippen molar-refractivity contribution >= 4 is 22.5 Å². The molecule has 0 aliphatic carbocycles. The molecule has 0 radical (unpaired) electrons. The smallest absolute Gasteiger partial charge is 0.146 e. The van der Waals surface area contributed by atoms with Crippen LogP contribution in [0.2, 0.25) is 0 Å². The van der Waals surface area contributed by atoms with Crippen molar-refractivity contribution in [3.05, 3.63) is 30.3 Å². The summed E-state index contributed by atoms with van der Waals surface area (Å²) in [6.07, 6.45) is 7.15. The predicted molar refractivity (Wildman–Crippen MR) is 55.9 cm³/mol. The molecule has 2 heteroatoms. The molecule has 1 nitrogen and oxygen atoms in total. The van der Waals surface area contributed by atoms with Gasteiger partial charge in [0.15, 0.2) is 0 Å². The average molecular weight is 175 g/mol. The van der Waals surface area contributed by atoms with Crippen LogP contribution in [-0.4, -0.2) is 11.3 Å². The zero-order chi connectivity index (χ0) is 8.81. The summed E-state index contributed by atoms with van der Waals surface area (Å²) in [6, 6.07) is 9.68. The van der Waals surface area contributed by atoms with Gasteiger partial charge < -0.3 is 0 Å². The molecule has 60 valence electrons. The molecule has 0 amide bonds. The Labute approximate surface area is 76.9 Å². The van der Waals surface area contributed by atoms with Crippen molar-refractivity contribution in [2.75, 3.05) is 6.26 Å². The summed E-state index contributed by atoms with van der Waals surface area (Å²) >= 11 is 1.48. The predicted octanol–water partition coefficient (Wildman–Crippen LogP) is 2.71. The summed E-state index contributed by atoms with van der Waals surface area (Å²) in [7, 11) is 0. The Morgan fingerprint density at radius 1 is 1.42 bits per heavy atom. The van der Waals surface area contributed by atoms with Gasteiger partial charge in [-0.2, -0.15) is 0 Å². The number of rotatable bonds is 1. The van der Waals surface area contributed by atoms with Crippen LogP contribution < -0.4 is 0 Å². The standard InChI is InChI=1S/C10H9NS/c1-3-10(12-2)11-9-7-5-4-6-8-9/h1,4-8H,2H3/b11-10+. The van der Waals surface area contributed by atoms with Crippen molar-refractivity contribution in [2.45, 2.75) is 0 Å². The van der Waals surface area contributed by atoms with E-state index in [1.807, 2.05) is 36.6 Å². The van der Waals surface area contributed by atoms with Crippen molar-refractivity contribution in [2.24, 2.45) is 4.99 Å². The quantitative estimate of drug-likeness (QED) is 0.363. The van der Waals surface area contributed by atoms with Gasteiger partial charge in [-0.25, -0.2) is 4.99 Å². The Balaban J connectivity index is 2.88. The molecule has 1 aromatic carbocycles. The Kier molecular flexibility index (Phi) is 3.43. The highest BCUT2D eigenvalue weighted by atomic mass is 32.2. The summed E-state index contributed by atoms with van der Waals surface area (Å²) in [5.74, 6) is 2.51. The van der Waals surface area contributed by atoms with Crippen LogP contribution in [-0.2, 0) is 0 Å². The van der Waals surface area contributed by atoms with E-state index in [1.165, 1.54) is 11.8 Å². The van der Waals surface area contributed by atoms with Gasteiger partial charge in [-0.3, -0.25) is 0 Å². The van der Waals surface area contributed by atoms with E-state index in [9.17, 15) is 0 Å². The third-order valence-corrected chi connectivity index (χ3v) is 1.90. The largest absolute Gasteiger partial charge is 0.233 e. The molecule has 0 unspecified atom stereocenters. The lowest BCUT2D eigenvalue weighted by molar-refractivity contribution is 1.54. The van der Waals surface area contributed by atoms with E-state index in [1.54, 1.807) is 0 Å². The van der Waals surface area contributed by atoms with Crippen LogP contribution in [0.15, 0.2) is 35.3 Å². The molecule has 0 saturated carbocycles. The van der Waals surface area contributed by atoms with Gasteiger partial charge in [0.1, 0.15) is 5.04 Å². The fourth-order valence-corrected chi connectivity index (χ4v) is 1.07. The lowest BCUT2D eigenvalue weighted by atomic mass is 10.3. The number of benzene rings is 1. The van der Waals surface area contributed by atoms with Gasteiger partial charge in [0, 0.05) is 0 Å². The van der Waals surface area contributed by atoms with E-state index >= 15 is 0 Å². The molecule has 0 spiro atoms. The second-order valence-electron chi connectivity index (χ2n) is 2.10. The molecule has 0 atom stereocenters. The second-order valence-corrected chi connectivity index (χ2v) is 2.90. The van der Waals surface area contributed by atoms with Crippen LogP contribution in [0, 0.1) is 12.3 Å². The first-order valence-corrected chi connectivity index (χ1v) is 4.73. The monoisotopic (exact) mass is 175 g/mol. The molecule has 1 rings (SSSR count). The van der Waals surface area contributed by atoms with E-state index in [4.69, 9.17) is 6.42 Å². The van der Waals surface area contributed by atoms with Crippen LogP contribution in [0.4, 0.5) is 5.69 Å². The minimum absolute atomic E-state index is 0.709. The average Bonchev–Trinajstić information content (AvgIpc) is 2.16.